The molecule has 0 aliphatic carbocycles. The molecule has 0 fully saturated rings. The molecule has 0 aromatic carbocycles. The predicted octanol–water partition coefficient (Wildman–Crippen LogP) is -2.88. The molecule has 0 unspecified atom stereocenters. The molecule has 0 aromatic rings. The Kier molecular flexibility index (Phi) is 161. The van der Waals surface area contributed by atoms with Crippen LogP contribution in [0.1, 0.15) is 0 Å². The topological polar surface area (TPSA) is 105 Å². The van der Waals surface area contributed by atoms with Crippen molar-refractivity contribution >= 4 is 17.4 Å². The van der Waals surface area contributed by atoms with E-state index in [9.17, 15) is 0 Å². The summed E-state index contributed by atoms with van der Waals surface area (Å²) in [7, 11) is 0. The summed E-state index contributed by atoms with van der Waals surface area (Å²) in [5.74, 6) is 0. The van der Waals surface area contributed by atoms with E-state index in [4.69, 9.17) is 20.2 Å². The van der Waals surface area contributed by atoms with Crippen LogP contribution in [0.15, 0.2) is 10.7 Å². The van der Waals surface area contributed by atoms with Crippen molar-refractivity contribution in [1.82, 2.24) is 0 Å². The van der Waals surface area contributed by atoms with Crippen molar-refractivity contribution in [1.29, 1.82) is 0 Å². The largest absolute Gasteiger partial charge is 3.00 e. The van der Waals surface area contributed by atoms with Gasteiger partial charge in [0.2, 0.25) is 0 Å². The second-order valence-electron chi connectivity index (χ2n) is 0.149. The van der Waals surface area contributed by atoms with Crippen molar-refractivity contribution in [3.05, 3.63) is 20.2 Å². The standard InChI is InChI=1S/Al.2HNO2.Na/c;2*2-1-3;/h;2*(H,2,3);/q+3;;;+1/p-2. The summed E-state index contributed by atoms with van der Waals surface area (Å²) in [6.45, 7) is 0. The normalized spacial score (nSPS) is 3.00. The van der Waals surface area contributed by atoms with Crippen LogP contribution in [0.25, 0.3) is 0 Å². The molecule has 6 nitrogen and oxygen atoms in total. The number of hydrogen-bond donors (Lipinski definition) is 0. The van der Waals surface area contributed by atoms with Gasteiger partial charge in [0.25, 0.3) is 0 Å². The Balaban J connectivity index is -0.0000000160. The zero-order valence-corrected chi connectivity index (χ0v) is 7.26. The molecule has 0 aliphatic heterocycles. The third-order valence-electron chi connectivity index (χ3n) is 0. The maximum absolute atomic E-state index is 8.00. The van der Waals surface area contributed by atoms with Crippen molar-refractivity contribution in [2.24, 2.45) is 10.7 Å². The van der Waals surface area contributed by atoms with Gasteiger partial charge in [-0.05, 0) is 0 Å². The minimum Gasteiger partial charge on any atom is -0.444 e. The Hall–Kier alpha value is 0.332. The molecule has 0 N–H and O–H groups in total. The van der Waals surface area contributed by atoms with Crippen molar-refractivity contribution in [3.8, 4) is 0 Å². The predicted molar refractivity (Wildman–Crippen MR) is 24.1 cm³/mol. The van der Waals surface area contributed by atoms with Crippen LogP contribution < -0.4 is 29.6 Å². The monoisotopic (exact) mass is 142 g/mol. The first-order valence-corrected chi connectivity index (χ1v) is 0.730. The van der Waals surface area contributed by atoms with Gasteiger partial charge in [-0.1, -0.05) is 0 Å². The van der Waals surface area contributed by atoms with Crippen molar-refractivity contribution in [2.75, 3.05) is 0 Å². The molecule has 0 radical (unpaired) electrons. The maximum Gasteiger partial charge on any atom is 3.00 e. The van der Waals surface area contributed by atoms with Crippen LogP contribution in [-0.4, -0.2) is 17.4 Å². The van der Waals surface area contributed by atoms with Gasteiger partial charge in [0.05, 0.1) is 0 Å². The van der Waals surface area contributed by atoms with Gasteiger partial charge in [-0.25, -0.2) is 0 Å². The SMILES string of the molecule is O=N[O-].O=N[O-].[Al+3].[Na+]. The Morgan fingerprint density at radius 2 is 1.00 bits per heavy atom. The van der Waals surface area contributed by atoms with Gasteiger partial charge in [-0.15, -0.1) is 10.7 Å². The molecular weight excluding hydrogens is 142 g/mol. The van der Waals surface area contributed by atoms with E-state index < -0.39 is 0 Å². The van der Waals surface area contributed by atoms with Gasteiger partial charge in [0.15, 0.2) is 0 Å². The quantitative estimate of drug-likeness (QED) is 0.206. The third-order valence-corrected chi connectivity index (χ3v) is 0. The second-order valence-corrected chi connectivity index (χ2v) is 0.149. The summed E-state index contributed by atoms with van der Waals surface area (Å²) in [5.41, 5.74) is 0. The van der Waals surface area contributed by atoms with Crippen LogP contribution >= 0.6 is 0 Å². The first kappa shape index (κ1) is 23.9. The third kappa shape index (κ3) is 1630. The van der Waals surface area contributed by atoms with Crippen LogP contribution in [0, 0.1) is 20.2 Å². The fourth-order valence-electron chi connectivity index (χ4n) is 0. The van der Waals surface area contributed by atoms with Crippen molar-refractivity contribution < 1.29 is 29.6 Å². The van der Waals surface area contributed by atoms with E-state index >= 15 is 0 Å². The fourth-order valence-corrected chi connectivity index (χ4v) is 0. The summed E-state index contributed by atoms with van der Waals surface area (Å²) < 4.78 is 0. The van der Waals surface area contributed by atoms with Gasteiger partial charge in [-0.3, -0.25) is 0 Å². The Morgan fingerprint density at radius 1 is 1.00 bits per heavy atom. The summed E-state index contributed by atoms with van der Waals surface area (Å²) in [6, 6.07) is 0. The molecule has 0 saturated carbocycles. The molecule has 0 rings (SSSR count). The minimum absolute atomic E-state index is 0. The molecule has 0 spiro atoms. The van der Waals surface area contributed by atoms with Crippen LogP contribution in [-0.2, 0) is 0 Å². The maximum atomic E-state index is 8.00. The number of hydrogen-bond acceptors (Lipinski definition) is 6. The van der Waals surface area contributed by atoms with Gasteiger partial charge in [0.1, 0.15) is 0 Å². The van der Waals surface area contributed by atoms with Gasteiger partial charge in [0, 0.05) is 0 Å². The average molecular weight is 142 g/mol. The summed E-state index contributed by atoms with van der Waals surface area (Å²) >= 11 is 0. The van der Waals surface area contributed by atoms with Crippen LogP contribution in [0.2, 0.25) is 0 Å². The fraction of sp³-hybridized carbons (Fsp3) is 0. The van der Waals surface area contributed by atoms with E-state index in [0.29, 0.717) is 0 Å². The van der Waals surface area contributed by atoms with E-state index in [1.54, 1.807) is 0 Å². The molecule has 36 valence electrons. The molecule has 0 atom stereocenters. The Bertz CT molecular complexity index is 35.0. The van der Waals surface area contributed by atoms with Crippen molar-refractivity contribution in [2.45, 2.75) is 0 Å². The molecule has 0 saturated heterocycles. The van der Waals surface area contributed by atoms with Crippen LogP contribution in [0.5, 0.6) is 0 Å². The van der Waals surface area contributed by atoms with Crippen LogP contribution in [0.3, 0.4) is 0 Å². The van der Waals surface area contributed by atoms with Crippen molar-refractivity contribution in [3.63, 3.8) is 0 Å². The molecule has 0 heterocycles. The van der Waals surface area contributed by atoms with E-state index in [2.05, 4.69) is 0 Å². The summed E-state index contributed by atoms with van der Waals surface area (Å²) in [5, 5.41) is 18.0. The number of nitrogens with zero attached hydrogens (tertiary/aromatic N) is 2. The average Bonchev–Trinajstić information content (AvgIpc) is 1.39. The van der Waals surface area contributed by atoms with E-state index in [0.717, 1.165) is 10.7 Å². The van der Waals surface area contributed by atoms with E-state index in [-0.39, 0.29) is 46.9 Å². The molecule has 0 aliphatic rings. The molecule has 0 bridgehead atoms. The molecule has 8 heteroatoms. The smallest absolute Gasteiger partial charge is 0.444 e. The second kappa shape index (κ2) is 54.0. The Morgan fingerprint density at radius 3 is 1.00 bits per heavy atom. The van der Waals surface area contributed by atoms with E-state index in [1.807, 2.05) is 0 Å². The Labute approximate surface area is 77.6 Å². The molecule has 8 heavy (non-hydrogen) atoms. The van der Waals surface area contributed by atoms with Crippen LogP contribution in [0.4, 0.5) is 0 Å². The summed E-state index contributed by atoms with van der Waals surface area (Å²) in [4.78, 5) is 16.0. The zero-order chi connectivity index (χ0) is 5.41. The summed E-state index contributed by atoms with van der Waals surface area (Å²) in [6.07, 6.45) is 0. The van der Waals surface area contributed by atoms with E-state index in [1.165, 1.54) is 0 Å². The first-order valence-electron chi connectivity index (χ1n) is 0.730. The zero-order valence-electron chi connectivity index (χ0n) is 4.10. The first-order chi connectivity index (χ1) is 2.83. The molecule has 0 amide bonds. The minimum atomic E-state index is 0. The molecule has 0 aromatic heterocycles. The molecular formula is AlN2NaO4+2. The van der Waals surface area contributed by atoms with Gasteiger partial charge >= 0.3 is 46.9 Å². The van der Waals surface area contributed by atoms with Gasteiger partial charge in [-0.2, -0.15) is 0 Å². The van der Waals surface area contributed by atoms with Gasteiger partial charge < -0.3 is 20.2 Å². The number of rotatable bonds is 0.